The molecule has 3 N–H and O–H groups in total. The van der Waals surface area contributed by atoms with Crippen LogP contribution in [-0.4, -0.2) is 11.9 Å². The molecule has 2 aromatic rings. The van der Waals surface area contributed by atoms with Crippen molar-refractivity contribution in [1.82, 2.24) is 5.32 Å². The largest absolute Gasteiger partial charge is 0.351 e. The number of benzene rings is 2. The van der Waals surface area contributed by atoms with Crippen molar-refractivity contribution >= 4 is 17.5 Å². The van der Waals surface area contributed by atoms with Gasteiger partial charge >= 0.3 is 0 Å². The van der Waals surface area contributed by atoms with Gasteiger partial charge in [-0.05, 0) is 36.1 Å². The number of halogens is 1. The number of amides is 1. The molecule has 0 spiro atoms. The zero-order valence-corrected chi connectivity index (χ0v) is 12.5. The summed E-state index contributed by atoms with van der Waals surface area (Å²) in [6, 6.07) is 16.9. The highest BCUT2D eigenvalue weighted by Gasteiger charge is 2.12. The van der Waals surface area contributed by atoms with Gasteiger partial charge in [0.05, 0.1) is 6.04 Å². The van der Waals surface area contributed by atoms with E-state index >= 15 is 0 Å². The van der Waals surface area contributed by atoms with Crippen LogP contribution in [0.2, 0.25) is 5.02 Å². The predicted octanol–water partition coefficient (Wildman–Crippen LogP) is 2.92. The van der Waals surface area contributed by atoms with Gasteiger partial charge in [0.2, 0.25) is 5.91 Å². The Balaban J connectivity index is 1.76. The van der Waals surface area contributed by atoms with Gasteiger partial charge in [0.25, 0.3) is 0 Å². The summed E-state index contributed by atoms with van der Waals surface area (Å²) in [7, 11) is 0. The van der Waals surface area contributed by atoms with Gasteiger partial charge in [0.15, 0.2) is 0 Å². The number of aryl methyl sites for hydroxylation is 1. The van der Waals surface area contributed by atoms with E-state index in [0.29, 0.717) is 18.0 Å². The fourth-order valence-corrected chi connectivity index (χ4v) is 2.15. The molecule has 0 fully saturated rings. The molecular weight excluding hydrogens is 284 g/mol. The number of hydrogen-bond acceptors (Lipinski definition) is 2. The Hall–Kier alpha value is -1.84. The first kappa shape index (κ1) is 15.5. The summed E-state index contributed by atoms with van der Waals surface area (Å²) >= 11 is 5.82. The Morgan fingerprint density at radius 1 is 1.05 bits per heavy atom. The standard InChI is InChI=1S/C17H19ClN2O/c18-15-9-6-14(7-10-15)12-20-17(21)16(19)11-8-13-4-2-1-3-5-13/h1-7,9-10,16H,8,11-12,19H2,(H,20,21). The van der Waals surface area contributed by atoms with Crippen LogP contribution in [0.3, 0.4) is 0 Å². The average molecular weight is 303 g/mol. The van der Waals surface area contributed by atoms with Crippen LogP contribution in [0.4, 0.5) is 0 Å². The summed E-state index contributed by atoms with van der Waals surface area (Å²) in [6.07, 6.45) is 1.44. The maximum absolute atomic E-state index is 11.9. The zero-order valence-electron chi connectivity index (χ0n) is 11.8. The molecule has 3 nitrogen and oxygen atoms in total. The summed E-state index contributed by atoms with van der Waals surface area (Å²) in [5.41, 5.74) is 8.12. The first-order chi connectivity index (χ1) is 10.1. The van der Waals surface area contributed by atoms with Crippen LogP contribution in [0.1, 0.15) is 17.5 Å². The van der Waals surface area contributed by atoms with E-state index < -0.39 is 6.04 Å². The van der Waals surface area contributed by atoms with Gasteiger partial charge in [-0.1, -0.05) is 54.1 Å². The molecule has 0 aliphatic carbocycles. The van der Waals surface area contributed by atoms with Crippen LogP contribution in [0, 0.1) is 0 Å². The van der Waals surface area contributed by atoms with Crippen molar-refractivity contribution in [2.24, 2.45) is 5.73 Å². The van der Waals surface area contributed by atoms with Crippen LogP contribution >= 0.6 is 11.6 Å². The third-order valence-corrected chi connectivity index (χ3v) is 3.56. The van der Waals surface area contributed by atoms with Crippen molar-refractivity contribution in [3.8, 4) is 0 Å². The summed E-state index contributed by atoms with van der Waals surface area (Å²) in [4.78, 5) is 11.9. The van der Waals surface area contributed by atoms with Crippen molar-refractivity contribution < 1.29 is 4.79 Å². The lowest BCUT2D eigenvalue weighted by molar-refractivity contribution is -0.122. The molecule has 0 aliphatic heterocycles. The first-order valence-electron chi connectivity index (χ1n) is 6.97. The monoisotopic (exact) mass is 302 g/mol. The summed E-state index contributed by atoms with van der Waals surface area (Å²) in [5, 5.41) is 3.53. The molecule has 0 radical (unpaired) electrons. The molecular formula is C17H19ClN2O. The van der Waals surface area contributed by atoms with E-state index in [1.54, 1.807) is 12.1 Å². The van der Waals surface area contributed by atoms with E-state index in [-0.39, 0.29) is 5.91 Å². The molecule has 4 heteroatoms. The quantitative estimate of drug-likeness (QED) is 0.862. The number of nitrogens with two attached hydrogens (primary N) is 1. The number of carbonyl (C=O) groups excluding carboxylic acids is 1. The van der Waals surface area contributed by atoms with E-state index in [1.807, 2.05) is 42.5 Å². The van der Waals surface area contributed by atoms with Crippen LogP contribution in [-0.2, 0) is 17.8 Å². The SMILES string of the molecule is NC(CCc1ccccc1)C(=O)NCc1ccc(Cl)cc1. The van der Waals surface area contributed by atoms with Crippen molar-refractivity contribution in [3.05, 3.63) is 70.7 Å². The predicted molar refractivity (Wildman–Crippen MR) is 86.0 cm³/mol. The number of nitrogens with one attached hydrogen (secondary N) is 1. The van der Waals surface area contributed by atoms with E-state index in [1.165, 1.54) is 5.56 Å². The molecule has 1 atom stereocenters. The fourth-order valence-electron chi connectivity index (χ4n) is 2.02. The Morgan fingerprint density at radius 2 is 1.71 bits per heavy atom. The van der Waals surface area contributed by atoms with Gasteiger partial charge in [-0.15, -0.1) is 0 Å². The van der Waals surface area contributed by atoms with E-state index in [4.69, 9.17) is 17.3 Å². The molecule has 1 amide bonds. The van der Waals surface area contributed by atoms with Crippen LogP contribution in [0.5, 0.6) is 0 Å². The van der Waals surface area contributed by atoms with Crippen LogP contribution in [0.15, 0.2) is 54.6 Å². The second kappa shape index (κ2) is 7.81. The number of rotatable bonds is 6. The Labute approximate surface area is 130 Å². The van der Waals surface area contributed by atoms with Crippen molar-refractivity contribution in [2.45, 2.75) is 25.4 Å². The molecule has 0 saturated carbocycles. The highest BCUT2D eigenvalue weighted by atomic mass is 35.5. The molecule has 0 saturated heterocycles. The van der Waals surface area contributed by atoms with Crippen molar-refractivity contribution in [1.29, 1.82) is 0 Å². The Morgan fingerprint density at radius 3 is 2.38 bits per heavy atom. The minimum atomic E-state index is -0.488. The highest BCUT2D eigenvalue weighted by Crippen LogP contribution is 2.09. The minimum Gasteiger partial charge on any atom is -0.351 e. The molecule has 1 unspecified atom stereocenters. The van der Waals surface area contributed by atoms with Crippen molar-refractivity contribution in [2.75, 3.05) is 0 Å². The molecule has 2 rings (SSSR count). The fraction of sp³-hybridized carbons (Fsp3) is 0.235. The number of carbonyl (C=O) groups is 1. The summed E-state index contributed by atoms with van der Waals surface area (Å²) in [5.74, 6) is -0.124. The lowest BCUT2D eigenvalue weighted by Crippen LogP contribution is -2.40. The van der Waals surface area contributed by atoms with Crippen molar-refractivity contribution in [3.63, 3.8) is 0 Å². The Bertz CT molecular complexity index is 569. The lowest BCUT2D eigenvalue weighted by atomic mass is 10.1. The summed E-state index contributed by atoms with van der Waals surface area (Å²) < 4.78 is 0. The second-order valence-corrected chi connectivity index (χ2v) is 5.41. The minimum absolute atomic E-state index is 0.124. The highest BCUT2D eigenvalue weighted by molar-refractivity contribution is 6.30. The molecule has 110 valence electrons. The Kier molecular flexibility index (Phi) is 5.78. The van der Waals surface area contributed by atoms with E-state index in [2.05, 4.69) is 5.32 Å². The third kappa shape index (κ3) is 5.21. The lowest BCUT2D eigenvalue weighted by Gasteiger charge is -2.12. The van der Waals surface area contributed by atoms with E-state index in [0.717, 1.165) is 12.0 Å². The summed E-state index contributed by atoms with van der Waals surface area (Å²) in [6.45, 7) is 0.467. The van der Waals surface area contributed by atoms with Crippen LogP contribution in [0.25, 0.3) is 0 Å². The van der Waals surface area contributed by atoms with Crippen LogP contribution < -0.4 is 11.1 Å². The smallest absolute Gasteiger partial charge is 0.237 e. The topological polar surface area (TPSA) is 55.1 Å². The molecule has 0 heterocycles. The molecule has 0 aliphatic rings. The second-order valence-electron chi connectivity index (χ2n) is 4.98. The van der Waals surface area contributed by atoms with Gasteiger partial charge in [-0.2, -0.15) is 0 Å². The van der Waals surface area contributed by atoms with Gasteiger partial charge in [-0.3, -0.25) is 4.79 Å². The maximum atomic E-state index is 11.9. The molecule has 2 aromatic carbocycles. The van der Waals surface area contributed by atoms with E-state index in [9.17, 15) is 4.79 Å². The zero-order chi connectivity index (χ0) is 15.1. The first-order valence-corrected chi connectivity index (χ1v) is 7.34. The van der Waals surface area contributed by atoms with Gasteiger partial charge in [-0.25, -0.2) is 0 Å². The van der Waals surface area contributed by atoms with Gasteiger partial charge in [0, 0.05) is 11.6 Å². The molecule has 0 bridgehead atoms. The van der Waals surface area contributed by atoms with Gasteiger partial charge < -0.3 is 11.1 Å². The molecule has 21 heavy (non-hydrogen) atoms. The maximum Gasteiger partial charge on any atom is 0.237 e. The molecule has 0 aromatic heterocycles. The third-order valence-electron chi connectivity index (χ3n) is 3.30. The number of hydrogen-bond donors (Lipinski definition) is 2. The average Bonchev–Trinajstić information content (AvgIpc) is 2.52. The van der Waals surface area contributed by atoms with Gasteiger partial charge in [0.1, 0.15) is 0 Å². The normalized spacial score (nSPS) is 11.9.